The zero-order valence-electron chi connectivity index (χ0n) is 15.3. The van der Waals surface area contributed by atoms with E-state index < -0.39 is 23.5 Å². The predicted octanol–water partition coefficient (Wildman–Crippen LogP) is 4.00. The topological polar surface area (TPSA) is 83.9 Å². The first-order valence-corrected chi connectivity index (χ1v) is 8.99. The number of nitrogens with zero attached hydrogens (tertiary/aromatic N) is 1. The molecule has 0 saturated carbocycles. The van der Waals surface area contributed by atoms with Gasteiger partial charge < -0.3 is 18.8 Å². The number of benzene rings is 1. The Labute approximate surface area is 161 Å². The molecule has 6 heteroatoms. The van der Waals surface area contributed by atoms with Crippen LogP contribution in [-0.2, 0) is 11.2 Å². The van der Waals surface area contributed by atoms with Crippen molar-refractivity contribution in [1.82, 2.24) is 4.90 Å². The van der Waals surface area contributed by atoms with Crippen LogP contribution >= 0.6 is 0 Å². The predicted molar refractivity (Wildman–Crippen MR) is 101 cm³/mol. The van der Waals surface area contributed by atoms with Gasteiger partial charge in [0, 0.05) is 6.54 Å². The number of aliphatic hydroxyl groups excluding tert-OH is 1. The molecule has 0 aliphatic carbocycles. The van der Waals surface area contributed by atoms with Crippen molar-refractivity contribution in [2.45, 2.75) is 19.4 Å². The number of rotatable bonds is 6. The summed E-state index contributed by atoms with van der Waals surface area (Å²) in [5.74, 6) is -0.539. The van der Waals surface area contributed by atoms with Crippen molar-refractivity contribution >= 4 is 11.7 Å². The van der Waals surface area contributed by atoms with Crippen LogP contribution in [0.1, 0.15) is 33.7 Å². The van der Waals surface area contributed by atoms with Crippen LogP contribution < -0.4 is 0 Å². The van der Waals surface area contributed by atoms with Crippen LogP contribution in [-0.4, -0.2) is 28.2 Å². The van der Waals surface area contributed by atoms with Gasteiger partial charge in [0.05, 0.1) is 11.8 Å². The van der Waals surface area contributed by atoms with Gasteiger partial charge in [0.25, 0.3) is 5.91 Å². The van der Waals surface area contributed by atoms with Crippen molar-refractivity contribution in [3.63, 3.8) is 0 Å². The van der Waals surface area contributed by atoms with Gasteiger partial charge in [-0.3, -0.25) is 9.59 Å². The fourth-order valence-electron chi connectivity index (χ4n) is 3.45. The van der Waals surface area contributed by atoms with E-state index in [2.05, 4.69) is 0 Å². The van der Waals surface area contributed by atoms with Gasteiger partial charge in [0.15, 0.2) is 11.5 Å². The molecule has 2 aromatic heterocycles. The Morgan fingerprint density at radius 1 is 1.11 bits per heavy atom. The standard InChI is InChI=1S/C22H19NO5/c1-14-9-10-16(28-14)19-18(20(24)17-8-5-13-27-17)21(25)22(26)23(19)12-11-15-6-3-2-4-7-15/h2-10,13,19,25H,11-12H2,1H3. The largest absolute Gasteiger partial charge is 0.503 e. The Kier molecular flexibility index (Phi) is 4.61. The molecular weight excluding hydrogens is 358 g/mol. The molecule has 0 fully saturated rings. The number of hydrogen-bond donors (Lipinski definition) is 1. The lowest BCUT2D eigenvalue weighted by Crippen LogP contribution is -2.32. The first-order chi connectivity index (χ1) is 13.6. The van der Waals surface area contributed by atoms with Gasteiger partial charge in [-0.15, -0.1) is 0 Å². The number of aryl methyl sites for hydroxylation is 1. The normalized spacial score (nSPS) is 16.8. The maximum atomic E-state index is 12.9. The number of Topliss-reactive ketones (excluding diaryl/α,β-unsaturated/α-hetero) is 1. The van der Waals surface area contributed by atoms with E-state index in [0.717, 1.165) is 5.56 Å². The monoisotopic (exact) mass is 377 g/mol. The molecule has 1 N–H and O–H groups in total. The average Bonchev–Trinajstić information content (AvgIpc) is 3.43. The van der Waals surface area contributed by atoms with E-state index in [1.54, 1.807) is 25.1 Å². The van der Waals surface area contributed by atoms with Crippen molar-refractivity contribution in [2.75, 3.05) is 6.54 Å². The summed E-state index contributed by atoms with van der Waals surface area (Å²) in [7, 11) is 0. The first-order valence-electron chi connectivity index (χ1n) is 8.99. The van der Waals surface area contributed by atoms with Gasteiger partial charge in [0.2, 0.25) is 5.78 Å². The van der Waals surface area contributed by atoms with Gasteiger partial charge in [-0.05, 0) is 43.2 Å². The third-order valence-corrected chi connectivity index (χ3v) is 4.81. The quantitative estimate of drug-likeness (QED) is 0.657. The second-order valence-corrected chi connectivity index (χ2v) is 6.65. The minimum absolute atomic E-state index is 0.0256. The highest BCUT2D eigenvalue weighted by Gasteiger charge is 2.45. The molecule has 1 atom stereocenters. The lowest BCUT2D eigenvalue weighted by Gasteiger charge is -2.24. The van der Waals surface area contributed by atoms with E-state index >= 15 is 0 Å². The Hall–Kier alpha value is -3.54. The Morgan fingerprint density at radius 2 is 1.89 bits per heavy atom. The number of ketones is 1. The second-order valence-electron chi connectivity index (χ2n) is 6.65. The van der Waals surface area contributed by atoms with Crippen LogP contribution in [0, 0.1) is 6.92 Å². The highest BCUT2D eigenvalue weighted by Crippen LogP contribution is 2.39. The number of carbonyl (C=O) groups is 2. The Bertz CT molecular complexity index is 1030. The van der Waals surface area contributed by atoms with Crippen LogP contribution in [0.4, 0.5) is 0 Å². The van der Waals surface area contributed by atoms with E-state index in [9.17, 15) is 14.7 Å². The first kappa shape index (κ1) is 17.9. The third-order valence-electron chi connectivity index (χ3n) is 4.81. The van der Waals surface area contributed by atoms with Crippen molar-refractivity contribution in [3.05, 3.63) is 95.0 Å². The molecule has 6 nitrogen and oxygen atoms in total. The molecule has 1 aliphatic rings. The van der Waals surface area contributed by atoms with Gasteiger partial charge in [0.1, 0.15) is 17.6 Å². The van der Waals surface area contributed by atoms with E-state index in [-0.39, 0.29) is 11.3 Å². The van der Waals surface area contributed by atoms with Gasteiger partial charge in [-0.2, -0.15) is 0 Å². The summed E-state index contributed by atoms with van der Waals surface area (Å²) in [6.45, 7) is 2.11. The zero-order chi connectivity index (χ0) is 19.7. The van der Waals surface area contributed by atoms with Gasteiger partial charge in [-0.1, -0.05) is 30.3 Å². The van der Waals surface area contributed by atoms with Crippen LogP contribution in [0.15, 0.2) is 81.0 Å². The minimum Gasteiger partial charge on any atom is -0.503 e. The molecule has 1 aliphatic heterocycles. The van der Waals surface area contributed by atoms with Crippen molar-refractivity contribution in [3.8, 4) is 0 Å². The zero-order valence-corrected chi connectivity index (χ0v) is 15.3. The molecule has 3 aromatic rings. The molecule has 142 valence electrons. The maximum absolute atomic E-state index is 12.9. The molecule has 0 spiro atoms. The molecule has 1 amide bonds. The highest BCUT2D eigenvalue weighted by atomic mass is 16.3. The summed E-state index contributed by atoms with van der Waals surface area (Å²) in [6, 6.07) is 15.5. The lowest BCUT2D eigenvalue weighted by atomic mass is 9.99. The molecule has 0 bridgehead atoms. The number of furan rings is 2. The van der Waals surface area contributed by atoms with Gasteiger partial charge >= 0.3 is 0 Å². The van der Waals surface area contributed by atoms with Crippen LogP contribution in [0.25, 0.3) is 0 Å². The molecule has 3 heterocycles. The highest BCUT2D eigenvalue weighted by molar-refractivity contribution is 6.14. The molecule has 0 radical (unpaired) electrons. The summed E-state index contributed by atoms with van der Waals surface area (Å²) in [4.78, 5) is 27.2. The molecule has 28 heavy (non-hydrogen) atoms. The van der Waals surface area contributed by atoms with Crippen LogP contribution in [0.2, 0.25) is 0 Å². The molecule has 1 unspecified atom stereocenters. The van der Waals surface area contributed by atoms with Crippen molar-refractivity contribution < 1.29 is 23.5 Å². The number of amides is 1. The van der Waals surface area contributed by atoms with Crippen molar-refractivity contribution in [2.24, 2.45) is 0 Å². The summed E-state index contributed by atoms with van der Waals surface area (Å²) >= 11 is 0. The molecule has 1 aromatic carbocycles. The van der Waals surface area contributed by atoms with Crippen LogP contribution in [0.5, 0.6) is 0 Å². The van der Waals surface area contributed by atoms with E-state index in [0.29, 0.717) is 24.5 Å². The van der Waals surface area contributed by atoms with E-state index in [1.165, 1.54) is 17.2 Å². The number of aliphatic hydroxyl groups is 1. The summed E-state index contributed by atoms with van der Waals surface area (Å²) in [5, 5.41) is 10.5. The van der Waals surface area contributed by atoms with E-state index in [1.807, 2.05) is 30.3 Å². The Morgan fingerprint density at radius 3 is 2.54 bits per heavy atom. The molecule has 4 rings (SSSR count). The summed E-state index contributed by atoms with van der Waals surface area (Å²) < 4.78 is 10.9. The maximum Gasteiger partial charge on any atom is 0.290 e. The summed E-state index contributed by atoms with van der Waals surface area (Å²) in [5.41, 5.74) is 1.03. The fourth-order valence-corrected chi connectivity index (χ4v) is 3.45. The Balaban J connectivity index is 1.70. The SMILES string of the molecule is Cc1ccc(C2C(C(=O)c3ccco3)=C(O)C(=O)N2CCc2ccccc2)o1. The molecular formula is C22H19NO5. The lowest BCUT2D eigenvalue weighted by molar-refractivity contribution is -0.129. The third kappa shape index (κ3) is 3.13. The van der Waals surface area contributed by atoms with Crippen LogP contribution in [0.3, 0.4) is 0 Å². The number of carbonyl (C=O) groups excluding carboxylic acids is 2. The average molecular weight is 377 g/mol. The van der Waals surface area contributed by atoms with E-state index in [4.69, 9.17) is 8.83 Å². The molecule has 0 saturated heterocycles. The smallest absolute Gasteiger partial charge is 0.290 e. The number of hydrogen-bond acceptors (Lipinski definition) is 5. The fraction of sp³-hybridized carbons (Fsp3) is 0.182. The van der Waals surface area contributed by atoms with Crippen molar-refractivity contribution in [1.29, 1.82) is 0 Å². The summed E-state index contributed by atoms with van der Waals surface area (Å²) in [6.07, 6.45) is 1.96. The van der Waals surface area contributed by atoms with Gasteiger partial charge in [-0.25, -0.2) is 0 Å². The minimum atomic E-state index is -0.803. The second kappa shape index (κ2) is 7.23.